The zero-order valence-corrected chi connectivity index (χ0v) is 13.5. The standard InChI is InChI=1S/C17H17FN2O4/c1-10-6-11(2)8-14(7-10)24-12(3)17(21)19-16-9-13(20(22)23)4-5-15(16)18/h4-9,12H,1-3H3,(H,19,21)/t12-/m1/s1. The van der Waals surface area contributed by atoms with Gasteiger partial charge in [0.05, 0.1) is 10.6 Å². The van der Waals surface area contributed by atoms with E-state index < -0.39 is 22.8 Å². The zero-order chi connectivity index (χ0) is 17.9. The van der Waals surface area contributed by atoms with Gasteiger partial charge in [0.1, 0.15) is 11.6 Å². The van der Waals surface area contributed by atoms with Gasteiger partial charge in [-0.15, -0.1) is 0 Å². The van der Waals surface area contributed by atoms with Crippen LogP contribution in [-0.2, 0) is 4.79 Å². The average molecular weight is 332 g/mol. The highest BCUT2D eigenvalue weighted by atomic mass is 19.1. The summed E-state index contributed by atoms with van der Waals surface area (Å²) in [5.41, 5.74) is 1.41. The number of nitro benzene ring substituents is 1. The molecule has 0 fully saturated rings. The predicted molar refractivity (Wildman–Crippen MR) is 87.7 cm³/mol. The summed E-state index contributed by atoms with van der Waals surface area (Å²) >= 11 is 0. The Balaban J connectivity index is 2.11. The quantitative estimate of drug-likeness (QED) is 0.668. The first-order valence-corrected chi connectivity index (χ1v) is 7.26. The van der Waals surface area contributed by atoms with Gasteiger partial charge in [0.15, 0.2) is 6.10 Å². The van der Waals surface area contributed by atoms with Crippen molar-refractivity contribution in [3.63, 3.8) is 0 Å². The topological polar surface area (TPSA) is 81.5 Å². The van der Waals surface area contributed by atoms with Crippen LogP contribution < -0.4 is 10.1 Å². The maximum atomic E-state index is 13.7. The summed E-state index contributed by atoms with van der Waals surface area (Å²) in [4.78, 5) is 22.2. The lowest BCUT2D eigenvalue weighted by molar-refractivity contribution is -0.384. The van der Waals surface area contributed by atoms with Gasteiger partial charge < -0.3 is 10.1 Å². The highest BCUT2D eigenvalue weighted by Crippen LogP contribution is 2.22. The van der Waals surface area contributed by atoms with Crippen LogP contribution >= 0.6 is 0 Å². The summed E-state index contributed by atoms with van der Waals surface area (Å²) in [6, 6.07) is 8.46. The van der Waals surface area contributed by atoms with Crippen molar-refractivity contribution >= 4 is 17.3 Å². The van der Waals surface area contributed by atoms with Crippen molar-refractivity contribution in [1.82, 2.24) is 0 Å². The first-order chi connectivity index (χ1) is 11.3. The monoisotopic (exact) mass is 332 g/mol. The van der Waals surface area contributed by atoms with E-state index in [4.69, 9.17) is 4.74 Å². The summed E-state index contributed by atoms with van der Waals surface area (Å²) < 4.78 is 19.3. The highest BCUT2D eigenvalue weighted by Gasteiger charge is 2.18. The van der Waals surface area contributed by atoms with E-state index in [1.54, 1.807) is 12.1 Å². The van der Waals surface area contributed by atoms with Crippen molar-refractivity contribution in [3.8, 4) is 5.75 Å². The molecule has 0 aliphatic rings. The molecular formula is C17H17FN2O4. The third-order valence-electron chi connectivity index (χ3n) is 3.30. The van der Waals surface area contributed by atoms with Crippen LogP contribution in [0.2, 0.25) is 0 Å². The molecule has 0 aromatic heterocycles. The lowest BCUT2D eigenvalue weighted by Crippen LogP contribution is -2.30. The molecule has 0 aliphatic carbocycles. The minimum atomic E-state index is -0.898. The summed E-state index contributed by atoms with van der Waals surface area (Å²) in [5.74, 6) is -0.837. The Morgan fingerprint density at radius 2 is 1.83 bits per heavy atom. The van der Waals surface area contributed by atoms with Crippen LogP contribution in [0.5, 0.6) is 5.75 Å². The molecule has 1 atom stereocenters. The van der Waals surface area contributed by atoms with E-state index in [0.717, 1.165) is 29.3 Å². The van der Waals surface area contributed by atoms with Crippen molar-refractivity contribution in [1.29, 1.82) is 0 Å². The molecular weight excluding hydrogens is 315 g/mol. The van der Waals surface area contributed by atoms with Gasteiger partial charge in [-0.1, -0.05) is 6.07 Å². The zero-order valence-electron chi connectivity index (χ0n) is 13.5. The Labute approximate surface area is 138 Å². The van der Waals surface area contributed by atoms with Gasteiger partial charge in [-0.25, -0.2) is 4.39 Å². The SMILES string of the molecule is Cc1cc(C)cc(O[C@H](C)C(=O)Nc2cc([N+](=O)[O-])ccc2F)c1. The number of nitrogens with one attached hydrogen (secondary N) is 1. The second-order valence-electron chi connectivity index (χ2n) is 5.49. The lowest BCUT2D eigenvalue weighted by atomic mass is 10.1. The number of aryl methyl sites for hydroxylation is 2. The molecule has 0 radical (unpaired) electrons. The first kappa shape index (κ1) is 17.4. The Morgan fingerprint density at radius 1 is 1.21 bits per heavy atom. The molecule has 0 saturated heterocycles. The molecule has 1 amide bonds. The number of benzene rings is 2. The maximum Gasteiger partial charge on any atom is 0.271 e. The normalized spacial score (nSPS) is 11.7. The number of non-ortho nitro benzene ring substituents is 1. The fraction of sp³-hybridized carbons (Fsp3) is 0.235. The number of anilines is 1. The number of hydrogen-bond acceptors (Lipinski definition) is 4. The van der Waals surface area contributed by atoms with Crippen LogP contribution in [0.3, 0.4) is 0 Å². The number of rotatable bonds is 5. The largest absolute Gasteiger partial charge is 0.481 e. The molecule has 0 heterocycles. The fourth-order valence-corrected chi connectivity index (χ4v) is 2.22. The molecule has 0 spiro atoms. The van der Waals surface area contributed by atoms with Crippen LogP contribution in [-0.4, -0.2) is 16.9 Å². The van der Waals surface area contributed by atoms with Crippen LogP contribution in [0.4, 0.5) is 15.8 Å². The molecule has 126 valence electrons. The summed E-state index contributed by atoms with van der Waals surface area (Å²) in [5, 5.41) is 13.0. The second-order valence-corrected chi connectivity index (χ2v) is 5.49. The first-order valence-electron chi connectivity index (χ1n) is 7.26. The van der Waals surface area contributed by atoms with Crippen molar-refractivity contribution < 1.29 is 18.8 Å². The smallest absolute Gasteiger partial charge is 0.271 e. The van der Waals surface area contributed by atoms with Crippen molar-refractivity contribution in [3.05, 3.63) is 63.5 Å². The number of carbonyl (C=O) groups is 1. The maximum absolute atomic E-state index is 13.7. The van der Waals surface area contributed by atoms with Crippen LogP contribution in [0.25, 0.3) is 0 Å². The minimum Gasteiger partial charge on any atom is -0.481 e. The summed E-state index contributed by atoms with van der Waals surface area (Å²) in [6.07, 6.45) is -0.898. The average Bonchev–Trinajstić information content (AvgIpc) is 2.48. The summed E-state index contributed by atoms with van der Waals surface area (Å²) in [7, 11) is 0. The molecule has 0 bridgehead atoms. The van der Waals surface area contributed by atoms with Gasteiger partial charge in [0.25, 0.3) is 11.6 Å². The van der Waals surface area contributed by atoms with E-state index in [2.05, 4.69) is 5.32 Å². The number of ether oxygens (including phenoxy) is 1. The Hall–Kier alpha value is -2.96. The molecule has 2 aromatic carbocycles. The van der Waals surface area contributed by atoms with Crippen molar-refractivity contribution in [2.24, 2.45) is 0 Å². The number of nitrogens with zero attached hydrogens (tertiary/aromatic N) is 1. The Morgan fingerprint density at radius 3 is 2.42 bits per heavy atom. The summed E-state index contributed by atoms with van der Waals surface area (Å²) in [6.45, 7) is 5.33. The van der Waals surface area contributed by atoms with Gasteiger partial charge >= 0.3 is 0 Å². The van der Waals surface area contributed by atoms with E-state index in [1.165, 1.54) is 6.92 Å². The molecule has 1 N–H and O–H groups in total. The molecule has 2 aromatic rings. The van der Waals surface area contributed by atoms with E-state index >= 15 is 0 Å². The van der Waals surface area contributed by atoms with Crippen LogP contribution in [0.1, 0.15) is 18.1 Å². The molecule has 0 unspecified atom stereocenters. The van der Waals surface area contributed by atoms with E-state index in [9.17, 15) is 19.3 Å². The second kappa shape index (κ2) is 7.08. The molecule has 7 heteroatoms. The molecule has 0 aliphatic heterocycles. The lowest BCUT2D eigenvalue weighted by Gasteiger charge is -2.16. The Kier molecular flexibility index (Phi) is 5.13. The number of nitro groups is 1. The Bertz CT molecular complexity index is 772. The number of hydrogen-bond donors (Lipinski definition) is 1. The van der Waals surface area contributed by atoms with Gasteiger partial charge in [0.2, 0.25) is 0 Å². The minimum absolute atomic E-state index is 0.259. The molecule has 0 saturated carbocycles. The van der Waals surface area contributed by atoms with E-state index in [1.807, 2.05) is 19.9 Å². The number of halogens is 1. The predicted octanol–water partition coefficient (Wildman–Crippen LogP) is 3.76. The van der Waals surface area contributed by atoms with Crippen LogP contribution in [0.15, 0.2) is 36.4 Å². The van der Waals surface area contributed by atoms with Crippen LogP contribution in [0, 0.1) is 29.8 Å². The van der Waals surface area contributed by atoms with Gasteiger partial charge in [-0.05, 0) is 50.1 Å². The molecule has 2 rings (SSSR count). The highest BCUT2D eigenvalue weighted by molar-refractivity contribution is 5.94. The van der Waals surface area contributed by atoms with E-state index in [-0.39, 0.29) is 11.4 Å². The van der Waals surface area contributed by atoms with Crippen molar-refractivity contribution in [2.75, 3.05) is 5.32 Å². The number of carbonyl (C=O) groups excluding carboxylic acids is 1. The van der Waals surface area contributed by atoms with E-state index in [0.29, 0.717) is 5.75 Å². The fourth-order valence-electron chi connectivity index (χ4n) is 2.22. The van der Waals surface area contributed by atoms with Gasteiger partial charge in [0, 0.05) is 12.1 Å². The third-order valence-corrected chi connectivity index (χ3v) is 3.30. The van der Waals surface area contributed by atoms with Crippen molar-refractivity contribution in [2.45, 2.75) is 26.9 Å². The number of amides is 1. The van der Waals surface area contributed by atoms with Gasteiger partial charge in [-0.2, -0.15) is 0 Å². The molecule has 6 nitrogen and oxygen atoms in total. The van der Waals surface area contributed by atoms with Gasteiger partial charge in [-0.3, -0.25) is 14.9 Å². The third kappa shape index (κ3) is 4.28. The molecule has 24 heavy (non-hydrogen) atoms.